The van der Waals surface area contributed by atoms with Gasteiger partial charge >= 0.3 is 0 Å². The summed E-state index contributed by atoms with van der Waals surface area (Å²) in [5, 5.41) is 3.60. The average molecular weight is 980 g/mol. The molecule has 0 atom stereocenters. The summed E-state index contributed by atoms with van der Waals surface area (Å²) < 4.78 is 9.03. The number of aromatic nitrogens is 3. The summed E-state index contributed by atoms with van der Waals surface area (Å²) in [5.74, 6) is 1.87. The molecule has 3 heterocycles. The summed E-state index contributed by atoms with van der Waals surface area (Å²) in [5.41, 5.74) is 14.3. The van der Waals surface area contributed by atoms with Crippen LogP contribution in [-0.4, -0.2) is 22.6 Å². The number of rotatable bonds is 8. The molecule has 0 aliphatic carbocycles. The number of para-hydroxylation sites is 2. The Morgan fingerprint density at radius 3 is 1.97 bits per heavy atom. The van der Waals surface area contributed by atoms with Crippen LogP contribution in [0.25, 0.3) is 72.4 Å². The molecular formula is C54H53IrN3OSi-2. The van der Waals surface area contributed by atoms with E-state index in [1.807, 2.05) is 36.5 Å². The maximum atomic E-state index is 6.66. The summed E-state index contributed by atoms with van der Waals surface area (Å²) in [4.78, 5) is 9.80. The van der Waals surface area contributed by atoms with E-state index >= 15 is 0 Å². The number of nitrogens with zero attached hydrogens (tertiary/aromatic N) is 3. The molecule has 3 aromatic heterocycles. The van der Waals surface area contributed by atoms with Crippen molar-refractivity contribution in [2.24, 2.45) is 0 Å². The molecule has 0 aliphatic heterocycles. The van der Waals surface area contributed by atoms with Gasteiger partial charge in [0.2, 0.25) is 0 Å². The number of hydrogen-bond acceptors (Lipinski definition) is 3. The van der Waals surface area contributed by atoms with Crippen LogP contribution in [0.2, 0.25) is 19.6 Å². The van der Waals surface area contributed by atoms with Crippen molar-refractivity contribution in [3.63, 3.8) is 0 Å². The van der Waals surface area contributed by atoms with Crippen LogP contribution >= 0.6 is 0 Å². The largest absolute Gasteiger partial charge is 0.501 e. The Balaban J connectivity index is 0.000000270. The van der Waals surface area contributed by atoms with E-state index in [0.29, 0.717) is 17.8 Å². The van der Waals surface area contributed by atoms with Gasteiger partial charge in [-0.05, 0) is 86.8 Å². The first kappa shape index (κ1) is 42.7. The summed E-state index contributed by atoms with van der Waals surface area (Å²) >= 11 is 0. The number of benzene rings is 6. The fourth-order valence-electron chi connectivity index (χ4n) is 7.87. The Morgan fingerprint density at radius 2 is 1.33 bits per heavy atom. The third-order valence-electron chi connectivity index (χ3n) is 11.3. The van der Waals surface area contributed by atoms with Crippen LogP contribution in [0.3, 0.4) is 0 Å². The van der Waals surface area contributed by atoms with Crippen LogP contribution in [0.1, 0.15) is 76.0 Å². The van der Waals surface area contributed by atoms with Crippen LogP contribution in [0.15, 0.2) is 144 Å². The number of hydrogen-bond donors (Lipinski definition) is 0. The first-order valence-electron chi connectivity index (χ1n) is 20.9. The molecule has 9 aromatic rings. The Labute approximate surface area is 370 Å². The van der Waals surface area contributed by atoms with Crippen molar-refractivity contribution in [2.45, 2.75) is 78.9 Å². The molecule has 1 radical (unpaired) electrons. The molecule has 60 heavy (non-hydrogen) atoms. The van der Waals surface area contributed by atoms with Crippen molar-refractivity contribution >= 4 is 46.2 Å². The minimum absolute atomic E-state index is 0. The fraction of sp³-hybridized carbons (Fsp3) is 0.222. The molecule has 6 heteroatoms. The van der Waals surface area contributed by atoms with Crippen molar-refractivity contribution in [1.82, 2.24) is 14.5 Å². The summed E-state index contributed by atoms with van der Waals surface area (Å²) in [6.45, 7) is 20.6. The minimum atomic E-state index is -1.23. The number of imidazole rings is 1. The Morgan fingerprint density at radius 1 is 0.633 bits per heavy atom. The maximum Gasteiger partial charge on any atom is 0.121 e. The van der Waals surface area contributed by atoms with Gasteiger partial charge in [0.05, 0.1) is 30.5 Å². The van der Waals surface area contributed by atoms with Gasteiger partial charge in [0.25, 0.3) is 0 Å². The topological polar surface area (TPSA) is 43.9 Å². The Hall–Kier alpha value is -5.39. The van der Waals surface area contributed by atoms with Gasteiger partial charge in [-0.25, -0.2) is 0 Å². The molecule has 0 amide bonds. The van der Waals surface area contributed by atoms with Gasteiger partial charge in [0, 0.05) is 37.4 Å². The smallest absolute Gasteiger partial charge is 0.121 e. The molecule has 0 fully saturated rings. The fourth-order valence-corrected chi connectivity index (χ4v) is 8.90. The summed E-state index contributed by atoms with van der Waals surface area (Å²) in [7, 11) is -1.23. The SMILES string of the molecule is CC(C)c1ccc2c(c1)oc1c(-c3nc4ccccc4n3-c3c(C(C)C)cc(-c4ccccc4)cc3C(C)C)[c-]ccc12.C[Si](C)(C)c1ccc(-c2[c-]cccc2)nc1.[Ir]. The molecule has 0 N–H and O–H groups in total. The second kappa shape index (κ2) is 17.7. The second-order valence-electron chi connectivity index (χ2n) is 17.5. The molecule has 0 saturated heterocycles. The normalized spacial score (nSPS) is 11.7. The first-order chi connectivity index (χ1) is 28.4. The average Bonchev–Trinajstić information content (AvgIpc) is 3.82. The standard InChI is InChI=1S/C40H37N2O.C14H16NSi.Ir/c1-24(2)28-19-20-30-31-15-12-16-32(39(31)43-37(30)23-28)40-41-35-17-10-11-18-36(35)42(40)38-33(25(3)4)21-29(22-34(38)26(5)6)27-13-8-7-9-14-27;1-16(2,3)13-9-10-14(15-11-13)12-7-5-4-6-8-12;/h7-15,17-26H,1-6H3;4-7,9-11H,1-3H3;/q2*-1;. The summed E-state index contributed by atoms with van der Waals surface area (Å²) in [6.07, 6.45) is 2.02. The summed E-state index contributed by atoms with van der Waals surface area (Å²) in [6, 6.07) is 53.6. The van der Waals surface area contributed by atoms with Gasteiger partial charge < -0.3 is 14.0 Å². The molecular weight excluding hydrogens is 927 g/mol. The van der Waals surface area contributed by atoms with Crippen molar-refractivity contribution in [3.05, 3.63) is 168 Å². The maximum absolute atomic E-state index is 6.66. The zero-order chi connectivity index (χ0) is 41.4. The predicted molar refractivity (Wildman–Crippen MR) is 252 cm³/mol. The molecule has 0 spiro atoms. The van der Waals surface area contributed by atoms with Gasteiger partial charge in [-0.2, -0.15) is 0 Å². The molecule has 0 aliphatic rings. The quantitative estimate of drug-likeness (QED) is 0.113. The van der Waals surface area contributed by atoms with E-state index in [0.717, 1.165) is 55.6 Å². The van der Waals surface area contributed by atoms with E-state index in [1.165, 1.54) is 38.7 Å². The van der Waals surface area contributed by atoms with Crippen molar-refractivity contribution in [2.75, 3.05) is 0 Å². The third-order valence-corrected chi connectivity index (χ3v) is 13.3. The first-order valence-corrected chi connectivity index (χ1v) is 24.4. The molecule has 0 unspecified atom stereocenters. The number of pyridine rings is 1. The van der Waals surface area contributed by atoms with E-state index in [2.05, 4.69) is 186 Å². The monoisotopic (exact) mass is 980 g/mol. The van der Waals surface area contributed by atoms with Gasteiger partial charge in [-0.3, -0.25) is 4.98 Å². The van der Waals surface area contributed by atoms with Crippen LogP contribution in [0.4, 0.5) is 0 Å². The van der Waals surface area contributed by atoms with Gasteiger partial charge in [0.1, 0.15) is 5.58 Å². The van der Waals surface area contributed by atoms with E-state index in [4.69, 9.17) is 9.40 Å². The molecule has 305 valence electrons. The van der Waals surface area contributed by atoms with Gasteiger partial charge in [-0.15, -0.1) is 54.1 Å². The predicted octanol–water partition coefficient (Wildman–Crippen LogP) is 14.5. The zero-order valence-corrected chi connectivity index (χ0v) is 39.5. The van der Waals surface area contributed by atoms with E-state index < -0.39 is 8.07 Å². The second-order valence-corrected chi connectivity index (χ2v) is 22.6. The molecule has 0 saturated carbocycles. The van der Waals surface area contributed by atoms with Gasteiger partial charge in [-0.1, -0.05) is 139 Å². The van der Waals surface area contributed by atoms with Gasteiger partial charge in [0.15, 0.2) is 0 Å². The zero-order valence-electron chi connectivity index (χ0n) is 36.1. The number of fused-ring (bicyclic) bond motifs is 4. The Bertz CT molecular complexity index is 2860. The van der Waals surface area contributed by atoms with E-state index in [1.54, 1.807) is 0 Å². The number of furan rings is 1. The van der Waals surface area contributed by atoms with Crippen molar-refractivity contribution in [3.8, 4) is 39.5 Å². The van der Waals surface area contributed by atoms with E-state index in [-0.39, 0.29) is 20.1 Å². The Kier molecular flexibility index (Phi) is 12.6. The third kappa shape index (κ3) is 8.47. The molecule has 4 nitrogen and oxygen atoms in total. The minimum Gasteiger partial charge on any atom is -0.501 e. The van der Waals surface area contributed by atoms with Crippen LogP contribution < -0.4 is 5.19 Å². The molecule has 0 bridgehead atoms. The van der Waals surface area contributed by atoms with Crippen LogP contribution in [-0.2, 0) is 20.1 Å². The van der Waals surface area contributed by atoms with Crippen LogP contribution in [0.5, 0.6) is 0 Å². The van der Waals surface area contributed by atoms with Crippen molar-refractivity contribution in [1.29, 1.82) is 0 Å². The van der Waals surface area contributed by atoms with Crippen molar-refractivity contribution < 1.29 is 24.5 Å². The van der Waals surface area contributed by atoms with E-state index in [9.17, 15) is 0 Å². The molecule has 6 aromatic carbocycles. The molecule has 9 rings (SSSR count). The van der Waals surface area contributed by atoms with Crippen LogP contribution in [0, 0.1) is 12.1 Å².